The Bertz CT molecular complexity index is 948. The maximum Gasteiger partial charge on any atom is 0.227 e. The smallest absolute Gasteiger partial charge is 0.227 e. The number of rotatable bonds is 4. The molecule has 5 heteroatoms. The molecule has 0 N–H and O–H groups in total. The quantitative estimate of drug-likeness (QED) is 0.717. The first-order valence-electron chi connectivity index (χ1n) is 8.92. The van der Waals surface area contributed by atoms with Gasteiger partial charge in [-0.15, -0.1) is 0 Å². The van der Waals surface area contributed by atoms with E-state index in [1.807, 2.05) is 54.3 Å². The molecule has 1 aliphatic rings. The zero-order chi connectivity index (χ0) is 18.1. The Morgan fingerprint density at radius 3 is 2.81 bits per heavy atom. The number of amides is 1. The van der Waals surface area contributed by atoms with E-state index in [0.717, 1.165) is 23.2 Å². The first-order chi connectivity index (χ1) is 12.6. The molecule has 1 amide bonds. The average Bonchev–Trinajstić information content (AvgIpc) is 3.23. The van der Waals surface area contributed by atoms with Gasteiger partial charge >= 0.3 is 0 Å². The highest BCUT2D eigenvalue weighted by atomic mass is 16.5. The minimum atomic E-state index is 0.0955. The van der Waals surface area contributed by atoms with E-state index in [1.54, 1.807) is 0 Å². The van der Waals surface area contributed by atoms with Gasteiger partial charge in [0.25, 0.3) is 0 Å². The summed E-state index contributed by atoms with van der Waals surface area (Å²) in [5.74, 6) is 1.17. The Hall–Kier alpha value is -2.95. The maximum atomic E-state index is 12.8. The van der Waals surface area contributed by atoms with E-state index in [-0.39, 0.29) is 11.9 Å². The molecule has 0 fully saturated rings. The van der Waals surface area contributed by atoms with Crippen molar-refractivity contribution < 1.29 is 9.32 Å². The highest BCUT2D eigenvalue weighted by Gasteiger charge is 2.30. The Balaban J connectivity index is 1.45. The first-order valence-corrected chi connectivity index (χ1v) is 8.92. The Labute approximate surface area is 152 Å². The van der Waals surface area contributed by atoms with Gasteiger partial charge in [0.05, 0.1) is 0 Å². The fourth-order valence-electron chi connectivity index (χ4n) is 3.57. The zero-order valence-electron chi connectivity index (χ0n) is 15.0. The summed E-state index contributed by atoms with van der Waals surface area (Å²) in [4.78, 5) is 19.1. The summed E-state index contributed by atoms with van der Waals surface area (Å²) < 4.78 is 5.35. The van der Waals surface area contributed by atoms with E-state index in [4.69, 9.17) is 4.52 Å². The molecule has 5 nitrogen and oxygen atoms in total. The van der Waals surface area contributed by atoms with Crippen molar-refractivity contribution in [2.24, 2.45) is 0 Å². The molecule has 1 aliphatic heterocycles. The van der Waals surface area contributed by atoms with Gasteiger partial charge in [-0.3, -0.25) is 4.79 Å². The summed E-state index contributed by atoms with van der Waals surface area (Å²) in [5, 5.41) is 4.06. The fourth-order valence-corrected chi connectivity index (χ4v) is 3.57. The number of hydrogen-bond acceptors (Lipinski definition) is 4. The number of anilines is 1. The number of nitrogens with zero attached hydrogens (tertiary/aromatic N) is 3. The molecule has 1 aromatic heterocycles. The highest BCUT2D eigenvalue weighted by molar-refractivity contribution is 5.96. The number of benzene rings is 2. The fraction of sp³-hybridized carbons (Fsp3) is 0.286. The van der Waals surface area contributed by atoms with Gasteiger partial charge in [-0.1, -0.05) is 47.6 Å². The first kappa shape index (κ1) is 16.5. The summed E-state index contributed by atoms with van der Waals surface area (Å²) in [6, 6.07) is 16.2. The van der Waals surface area contributed by atoms with Crippen molar-refractivity contribution in [1.29, 1.82) is 0 Å². The molecule has 4 rings (SSSR count). The topological polar surface area (TPSA) is 59.2 Å². The Morgan fingerprint density at radius 1 is 1.19 bits per heavy atom. The Kier molecular flexibility index (Phi) is 4.29. The van der Waals surface area contributed by atoms with Crippen LogP contribution < -0.4 is 4.90 Å². The van der Waals surface area contributed by atoms with E-state index in [2.05, 4.69) is 23.1 Å². The molecule has 2 aromatic carbocycles. The molecule has 132 valence electrons. The number of para-hydroxylation sites is 1. The number of fused-ring (bicyclic) bond motifs is 1. The monoisotopic (exact) mass is 347 g/mol. The molecule has 2 heterocycles. The third kappa shape index (κ3) is 3.01. The third-order valence-electron chi connectivity index (χ3n) is 4.88. The van der Waals surface area contributed by atoms with Crippen molar-refractivity contribution >= 4 is 11.6 Å². The second kappa shape index (κ2) is 6.75. The van der Waals surface area contributed by atoms with Crippen LogP contribution in [0.4, 0.5) is 5.69 Å². The zero-order valence-corrected chi connectivity index (χ0v) is 15.0. The highest BCUT2D eigenvalue weighted by Crippen LogP contribution is 2.32. The van der Waals surface area contributed by atoms with E-state index >= 15 is 0 Å². The van der Waals surface area contributed by atoms with Gasteiger partial charge in [0.15, 0.2) is 0 Å². The molecular formula is C21H21N3O2. The molecule has 0 spiro atoms. The molecule has 0 radical (unpaired) electrons. The van der Waals surface area contributed by atoms with Crippen molar-refractivity contribution in [3.05, 3.63) is 65.5 Å². The van der Waals surface area contributed by atoms with Gasteiger partial charge in [-0.25, -0.2) is 0 Å². The predicted octanol–water partition coefficient (Wildman–Crippen LogP) is 3.96. The summed E-state index contributed by atoms with van der Waals surface area (Å²) in [7, 11) is 0. The van der Waals surface area contributed by atoms with Crippen LogP contribution in [0.3, 0.4) is 0 Å². The molecule has 0 saturated heterocycles. The molecule has 26 heavy (non-hydrogen) atoms. The molecule has 1 unspecified atom stereocenters. The van der Waals surface area contributed by atoms with Gasteiger partial charge in [-0.2, -0.15) is 4.98 Å². The molecule has 0 saturated carbocycles. The minimum Gasteiger partial charge on any atom is -0.339 e. The molecule has 0 bridgehead atoms. The van der Waals surface area contributed by atoms with Gasteiger partial charge in [0.2, 0.25) is 17.6 Å². The largest absolute Gasteiger partial charge is 0.339 e. The predicted molar refractivity (Wildman–Crippen MR) is 99.9 cm³/mol. The van der Waals surface area contributed by atoms with E-state index in [9.17, 15) is 4.79 Å². The van der Waals surface area contributed by atoms with Gasteiger partial charge < -0.3 is 9.42 Å². The normalized spacial score (nSPS) is 15.9. The van der Waals surface area contributed by atoms with Crippen LogP contribution in [0.1, 0.15) is 30.4 Å². The lowest BCUT2D eigenvalue weighted by atomic mass is 10.1. The number of aromatic nitrogens is 2. The summed E-state index contributed by atoms with van der Waals surface area (Å²) in [5.41, 5.74) is 4.30. The van der Waals surface area contributed by atoms with Crippen LogP contribution in [0.2, 0.25) is 0 Å². The van der Waals surface area contributed by atoms with Crippen molar-refractivity contribution in [3.63, 3.8) is 0 Å². The number of aryl methyl sites for hydroxylation is 2. The number of carbonyl (C=O) groups excluding carboxylic acids is 1. The van der Waals surface area contributed by atoms with Crippen molar-refractivity contribution in [3.8, 4) is 11.4 Å². The van der Waals surface area contributed by atoms with Gasteiger partial charge in [-0.05, 0) is 37.5 Å². The van der Waals surface area contributed by atoms with E-state index in [1.165, 1.54) is 5.56 Å². The van der Waals surface area contributed by atoms with Crippen LogP contribution in [-0.2, 0) is 17.6 Å². The van der Waals surface area contributed by atoms with Crippen molar-refractivity contribution in [1.82, 2.24) is 10.1 Å². The second-order valence-electron chi connectivity index (χ2n) is 6.77. The summed E-state index contributed by atoms with van der Waals surface area (Å²) in [6.45, 7) is 4.10. The van der Waals surface area contributed by atoms with Gasteiger partial charge in [0, 0.05) is 30.1 Å². The summed E-state index contributed by atoms with van der Waals surface area (Å²) in [6.07, 6.45) is 1.71. The lowest BCUT2D eigenvalue weighted by Gasteiger charge is -2.22. The van der Waals surface area contributed by atoms with Crippen molar-refractivity contribution in [2.75, 3.05) is 4.90 Å². The SMILES string of the molecule is Cc1ccccc1-c1noc(CCC(=O)N2c3ccccc3CC2C)n1. The van der Waals surface area contributed by atoms with Gasteiger partial charge in [0.1, 0.15) is 0 Å². The minimum absolute atomic E-state index is 0.0955. The second-order valence-corrected chi connectivity index (χ2v) is 6.77. The molecule has 3 aromatic rings. The van der Waals surface area contributed by atoms with E-state index < -0.39 is 0 Å². The van der Waals surface area contributed by atoms with Crippen LogP contribution in [-0.4, -0.2) is 22.1 Å². The lowest BCUT2D eigenvalue weighted by molar-refractivity contribution is -0.118. The third-order valence-corrected chi connectivity index (χ3v) is 4.88. The average molecular weight is 347 g/mol. The van der Waals surface area contributed by atoms with Crippen LogP contribution in [0.15, 0.2) is 53.1 Å². The van der Waals surface area contributed by atoms with Crippen LogP contribution in [0.25, 0.3) is 11.4 Å². The molecular weight excluding hydrogens is 326 g/mol. The lowest BCUT2D eigenvalue weighted by Crippen LogP contribution is -2.35. The van der Waals surface area contributed by atoms with E-state index in [0.29, 0.717) is 24.6 Å². The Morgan fingerprint density at radius 2 is 1.96 bits per heavy atom. The van der Waals surface area contributed by atoms with Crippen molar-refractivity contribution in [2.45, 2.75) is 39.2 Å². The number of hydrogen-bond donors (Lipinski definition) is 0. The standard InChI is InChI=1S/C21H21N3O2/c1-14-7-3-5-9-17(14)21-22-19(26-23-21)11-12-20(25)24-15(2)13-16-8-4-6-10-18(16)24/h3-10,15H,11-13H2,1-2H3. The van der Waals surface area contributed by atoms with Crippen LogP contribution in [0, 0.1) is 6.92 Å². The molecule has 0 aliphatic carbocycles. The van der Waals surface area contributed by atoms with Crippen LogP contribution >= 0.6 is 0 Å². The van der Waals surface area contributed by atoms with Crippen LogP contribution in [0.5, 0.6) is 0 Å². The molecule has 1 atom stereocenters. The summed E-state index contributed by atoms with van der Waals surface area (Å²) >= 11 is 0. The number of carbonyl (C=O) groups is 1. The maximum absolute atomic E-state index is 12.8.